The number of nitrogens with zero attached hydrogens (tertiary/aromatic N) is 2. The number of carbonyl (C=O) groups is 1. The summed E-state index contributed by atoms with van der Waals surface area (Å²) in [6.07, 6.45) is 1.67. The van der Waals surface area contributed by atoms with Crippen molar-refractivity contribution >= 4 is 46.6 Å². The largest absolute Gasteiger partial charge is 0.463 e. The van der Waals surface area contributed by atoms with E-state index in [1.165, 1.54) is 11.3 Å². The molecule has 2 aromatic carbocycles. The van der Waals surface area contributed by atoms with Gasteiger partial charge >= 0.3 is 5.97 Å². The SMILES string of the molecule is CCOC(=O)C1=C(C)N=c2s/c(=C\c3ccc(-c4cccc(Cl)c4Cl)o3)c(=O)n2[C@@H]1c1ccc(C)cc1. The minimum absolute atomic E-state index is 0.220. The molecule has 37 heavy (non-hydrogen) atoms. The number of rotatable bonds is 5. The Hall–Kier alpha value is -3.39. The van der Waals surface area contributed by atoms with Gasteiger partial charge in [0.25, 0.3) is 5.56 Å². The summed E-state index contributed by atoms with van der Waals surface area (Å²) in [7, 11) is 0. The van der Waals surface area contributed by atoms with E-state index < -0.39 is 12.0 Å². The van der Waals surface area contributed by atoms with Crippen molar-refractivity contribution in [2.75, 3.05) is 6.61 Å². The lowest BCUT2D eigenvalue weighted by Crippen LogP contribution is -2.39. The maximum atomic E-state index is 13.7. The van der Waals surface area contributed by atoms with Gasteiger partial charge < -0.3 is 9.15 Å². The van der Waals surface area contributed by atoms with Crippen LogP contribution in [-0.4, -0.2) is 17.1 Å². The summed E-state index contributed by atoms with van der Waals surface area (Å²) in [5, 5.41) is 0.818. The van der Waals surface area contributed by atoms with E-state index >= 15 is 0 Å². The Bertz CT molecular complexity index is 1730. The highest BCUT2D eigenvalue weighted by atomic mass is 35.5. The van der Waals surface area contributed by atoms with Crippen LogP contribution in [0, 0.1) is 6.92 Å². The number of esters is 1. The average Bonchev–Trinajstić information content (AvgIpc) is 3.45. The van der Waals surface area contributed by atoms with Crippen molar-refractivity contribution in [2.24, 2.45) is 4.99 Å². The van der Waals surface area contributed by atoms with Crippen LogP contribution in [0.2, 0.25) is 10.0 Å². The zero-order chi connectivity index (χ0) is 26.3. The summed E-state index contributed by atoms with van der Waals surface area (Å²) in [4.78, 5) is 31.8. The third kappa shape index (κ3) is 4.70. The number of halogens is 2. The standard InChI is InChI=1S/C28H22Cl2N2O4S/c1-4-35-27(34)23-16(3)31-28-32(25(23)17-10-8-15(2)9-11-17)26(33)22(37-28)14-18-12-13-21(36-18)19-6-5-7-20(29)24(19)30/h5-14,25H,4H2,1-3H3/b22-14-/t25-/m1/s1. The number of furan rings is 1. The fraction of sp³-hybridized carbons (Fsp3) is 0.179. The minimum atomic E-state index is -0.657. The molecule has 1 atom stereocenters. The first kappa shape index (κ1) is 25.3. The number of aromatic nitrogens is 1. The average molecular weight is 553 g/mol. The topological polar surface area (TPSA) is 73.8 Å². The molecule has 0 unspecified atom stereocenters. The summed E-state index contributed by atoms with van der Waals surface area (Å²) < 4.78 is 13.3. The predicted octanol–water partition coefficient (Wildman–Crippen LogP) is 5.67. The van der Waals surface area contributed by atoms with Gasteiger partial charge in [0.05, 0.1) is 38.5 Å². The molecule has 6 nitrogen and oxygen atoms in total. The van der Waals surface area contributed by atoms with E-state index in [1.807, 2.05) is 37.3 Å². The van der Waals surface area contributed by atoms with Crippen LogP contribution in [0.1, 0.15) is 36.8 Å². The van der Waals surface area contributed by atoms with Crippen LogP contribution >= 0.6 is 34.5 Å². The van der Waals surface area contributed by atoms with E-state index in [9.17, 15) is 9.59 Å². The van der Waals surface area contributed by atoms with Gasteiger partial charge in [-0.1, -0.05) is 70.4 Å². The second-order valence-corrected chi connectivity index (χ2v) is 10.3. The Labute approximate surface area is 226 Å². The van der Waals surface area contributed by atoms with E-state index in [4.69, 9.17) is 32.4 Å². The Morgan fingerprint density at radius 1 is 1.14 bits per heavy atom. The van der Waals surface area contributed by atoms with Crippen LogP contribution in [0.3, 0.4) is 0 Å². The summed E-state index contributed by atoms with van der Waals surface area (Å²) in [5.74, 6) is 0.520. The normalized spacial score (nSPS) is 15.5. The van der Waals surface area contributed by atoms with Crippen LogP contribution in [0.25, 0.3) is 17.4 Å². The third-order valence-corrected chi connectivity index (χ3v) is 7.83. The van der Waals surface area contributed by atoms with Crippen LogP contribution in [-0.2, 0) is 9.53 Å². The van der Waals surface area contributed by atoms with Crippen LogP contribution in [0.15, 0.2) is 80.1 Å². The van der Waals surface area contributed by atoms with E-state index in [1.54, 1.807) is 48.8 Å². The fourth-order valence-corrected chi connectivity index (χ4v) is 5.67. The van der Waals surface area contributed by atoms with Crippen molar-refractivity contribution in [3.05, 3.63) is 112 Å². The first-order valence-electron chi connectivity index (χ1n) is 11.6. The number of aryl methyl sites for hydroxylation is 1. The molecule has 2 aromatic heterocycles. The molecule has 0 fully saturated rings. The van der Waals surface area contributed by atoms with Crippen molar-refractivity contribution in [3.8, 4) is 11.3 Å². The van der Waals surface area contributed by atoms with Crippen LogP contribution < -0.4 is 14.9 Å². The van der Waals surface area contributed by atoms with Crippen molar-refractivity contribution in [3.63, 3.8) is 0 Å². The van der Waals surface area contributed by atoms with Gasteiger partial charge in [0.15, 0.2) is 4.80 Å². The number of benzene rings is 2. The molecular weight excluding hydrogens is 531 g/mol. The lowest BCUT2D eigenvalue weighted by molar-refractivity contribution is -0.139. The number of hydrogen-bond donors (Lipinski definition) is 0. The fourth-order valence-electron chi connectivity index (χ4n) is 4.25. The lowest BCUT2D eigenvalue weighted by Gasteiger charge is -2.24. The Balaban J connectivity index is 1.64. The highest BCUT2D eigenvalue weighted by Gasteiger charge is 2.33. The maximum Gasteiger partial charge on any atom is 0.338 e. The molecule has 0 bridgehead atoms. The Kier molecular flexibility index (Phi) is 6.94. The molecular formula is C28H22Cl2N2O4S. The molecule has 0 amide bonds. The first-order chi connectivity index (χ1) is 17.8. The highest BCUT2D eigenvalue weighted by Crippen LogP contribution is 2.34. The molecule has 0 saturated carbocycles. The Morgan fingerprint density at radius 2 is 1.89 bits per heavy atom. The second kappa shape index (κ2) is 10.2. The number of allylic oxidation sites excluding steroid dienone is 1. The quantitative estimate of drug-likeness (QED) is 0.299. The molecule has 5 rings (SSSR count). The monoisotopic (exact) mass is 552 g/mol. The number of fused-ring (bicyclic) bond motifs is 1. The van der Waals surface area contributed by atoms with E-state index in [-0.39, 0.29) is 12.2 Å². The van der Waals surface area contributed by atoms with Gasteiger partial charge in [0.2, 0.25) is 0 Å². The molecule has 188 valence electrons. The lowest BCUT2D eigenvalue weighted by atomic mass is 9.95. The number of hydrogen-bond acceptors (Lipinski definition) is 6. The predicted molar refractivity (Wildman–Crippen MR) is 146 cm³/mol. The maximum absolute atomic E-state index is 13.7. The van der Waals surface area contributed by atoms with Gasteiger partial charge in [-0.05, 0) is 50.6 Å². The van der Waals surface area contributed by atoms with E-state index in [0.29, 0.717) is 47.7 Å². The first-order valence-corrected chi connectivity index (χ1v) is 13.2. The second-order valence-electron chi connectivity index (χ2n) is 8.52. The zero-order valence-corrected chi connectivity index (χ0v) is 22.6. The summed E-state index contributed by atoms with van der Waals surface area (Å²) in [6.45, 7) is 5.71. The van der Waals surface area contributed by atoms with Crippen molar-refractivity contribution in [1.82, 2.24) is 4.57 Å². The molecule has 4 aromatic rings. The minimum Gasteiger partial charge on any atom is -0.463 e. The zero-order valence-electron chi connectivity index (χ0n) is 20.2. The summed E-state index contributed by atoms with van der Waals surface area (Å²) in [6, 6.07) is 15.9. The molecule has 1 aliphatic heterocycles. The summed E-state index contributed by atoms with van der Waals surface area (Å²) in [5.41, 5.74) is 3.12. The molecule has 0 spiro atoms. The van der Waals surface area contributed by atoms with E-state index in [2.05, 4.69) is 4.99 Å². The van der Waals surface area contributed by atoms with Crippen molar-refractivity contribution < 1.29 is 13.9 Å². The smallest absolute Gasteiger partial charge is 0.338 e. The van der Waals surface area contributed by atoms with Gasteiger partial charge in [-0.25, -0.2) is 9.79 Å². The molecule has 1 aliphatic rings. The van der Waals surface area contributed by atoms with Gasteiger partial charge in [-0.3, -0.25) is 9.36 Å². The van der Waals surface area contributed by atoms with Gasteiger partial charge in [0.1, 0.15) is 11.5 Å². The van der Waals surface area contributed by atoms with Gasteiger partial charge in [-0.15, -0.1) is 0 Å². The highest BCUT2D eigenvalue weighted by molar-refractivity contribution is 7.07. The summed E-state index contributed by atoms with van der Waals surface area (Å²) >= 11 is 13.7. The number of thiazole rings is 1. The molecule has 9 heteroatoms. The third-order valence-electron chi connectivity index (χ3n) is 6.03. The van der Waals surface area contributed by atoms with Crippen LogP contribution in [0.4, 0.5) is 0 Å². The van der Waals surface area contributed by atoms with Gasteiger partial charge in [-0.2, -0.15) is 0 Å². The Morgan fingerprint density at radius 3 is 2.62 bits per heavy atom. The molecule has 0 aliphatic carbocycles. The molecule has 0 saturated heterocycles. The van der Waals surface area contributed by atoms with Crippen molar-refractivity contribution in [1.29, 1.82) is 0 Å². The number of carbonyl (C=O) groups excluding carboxylic acids is 1. The van der Waals surface area contributed by atoms with Crippen molar-refractivity contribution in [2.45, 2.75) is 26.8 Å². The van der Waals surface area contributed by atoms with E-state index in [0.717, 1.165) is 11.1 Å². The van der Waals surface area contributed by atoms with Gasteiger partial charge in [0, 0.05) is 11.6 Å². The molecule has 3 heterocycles. The molecule has 0 N–H and O–H groups in total. The van der Waals surface area contributed by atoms with Crippen LogP contribution in [0.5, 0.6) is 0 Å². The number of ether oxygens (including phenoxy) is 1. The molecule has 0 radical (unpaired) electrons.